The highest BCUT2D eigenvalue weighted by molar-refractivity contribution is 5.85. The fourth-order valence-corrected chi connectivity index (χ4v) is 2.89. The summed E-state index contributed by atoms with van der Waals surface area (Å²) >= 11 is 0. The van der Waals surface area contributed by atoms with Crippen molar-refractivity contribution >= 4 is 18.3 Å². The molecule has 23 heavy (non-hydrogen) atoms. The molecular formula is C17H27ClN2O3. The number of aryl methyl sites for hydroxylation is 1. The number of nitrogens with one attached hydrogen (secondary N) is 1. The average Bonchev–Trinajstić information content (AvgIpc) is 2.59. The molecule has 1 heterocycles. The van der Waals surface area contributed by atoms with Gasteiger partial charge in [-0.3, -0.25) is 4.79 Å². The molecule has 1 amide bonds. The number of amides is 1. The zero-order valence-corrected chi connectivity index (χ0v) is 14.9. The van der Waals surface area contributed by atoms with Gasteiger partial charge in [0.15, 0.2) is 0 Å². The summed E-state index contributed by atoms with van der Waals surface area (Å²) in [5.41, 5.74) is 1.01. The molecule has 0 spiro atoms. The highest BCUT2D eigenvalue weighted by atomic mass is 35.5. The van der Waals surface area contributed by atoms with Gasteiger partial charge in [-0.1, -0.05) is 0 Å². The van der Waals surface area contributed by atoms with E-state index in [4.69, 9.17) is 9.47 Å². The number of methoxy groups -OCH3 is 2. The van der Waals surface area contributed by atoms with Crippen LogP contribution in [0, 0.1) is 0 Å². The number of carbonyl (C=O) groups excluding carboxylic acids is 1. The van der Waals surface area contributed by atoms with Crippen LogP contribution in [0.2, 0.25) is 0 Å². The summed E-state index contributed by atoms with van der Waals surface area (Å²) in [5.74, 6) is 1.78. The zero-order chi connectivity index (χ0) is 15.9. The minimum atomic E-state index is 0. The normalized spacial score (nSPS) is 14.7. The number of piperidine rings is 1. The van der Waals surface area contributed by atoms with Crippen LogP contribution in [0.3, 0.4) is 0 Å². The molecule has 0 atom stereocenters. The van der Waals surface area contributed by atoms with Gasteiger partial charge in [-0.05, 0) is 56.1 Å². The highest BCUT2D eigenvalue weighted by Gasteiger charge is 2.21. The van der Waals surface area contributed by atoms with E-state index in [1.165, 1.54) is 0 Å². The Hall–Kier alpha value is -1.46. The van der Waals surface area contributed by atoms with Crippen molar-refractivity contribution in [2.24, 2.45) is 0 Å². The second kappa shape index (κ2) is 9.63. The van der Waals surface area contributed by atoms with E-state index in [1.54, 1.807) is 14.2 Å². The average molecular weight is 343 g/mol. The Morgan fingerprint density at radius 1 is 1.26 bits per heavy atom. The quantitative estimate of drug-likeness (QED) is 0.861. The fraction of sp³-hybridized carbons (Fsp3) is 0.588. The van der Waals surface area contributed by atoms with Gasteiger partial charge in [0.2, 0.25) is 5.91 Å². The minimum absolute atomic E-state index is 0. The molecule has 1 aromatic carbocycles. The van der Waals surface area contributed by atoms with Gasteiger partial charge >= 0.3 is 0 Å². The topological polar surface area (TPSA) is 50.8 Å². The number of hydrogen-bond acceptors (Lipinski definition) is 4. The highest BCUT2D eigenvalue weighted by Crippen LogP contribution is 2.25. The van der Waals surface area contributed by atoms with Crippen molar-refractivity contribution in [2.45, 2.75) is 31.7 Å². The molecule has 2 rings (SSSR count). The Kier molecular flexibility index (Phi) is 8.20. The molecule has 0 radical (unpaired) electrons. The summed E-state index contributed by atoms with van der Waals surface area (Å²) in [5, 5.41) is 3.33. The third-order valence-corrected chi connectivity index (χ3v) is 4.35. The van der Waals surface area contributed by atoms with Crippen LogP contribution < -0.4 is 14.8 Å². The van der Waals surface area contributed by atoms with E-state index in [9.17, 15) is 4.79 Å². The largest absolute Gasteiger partial charge is 0.497 e. The molecule has 1 aliphatic rings. The molecule has 0 unspecified atom stereocenters. The summed E-state index contributed by atoms with van der Waals surface area (Å²) in [6.45, 7) is 1.98. The first-order chi connectivity index (χ1) is 10.7. The summed E-state index contributed by atoms with van der Waals surface area (Å²) in [6.07, 6.45) is 3.22. The molecule has 0 aliphatic carbocycles. The van der Waals surface area contributed by atoms with E-state index in [0.717, 1.165) is 43.0 Å². The number of benzene rings is 1. The Labute approximate surface area is 144 Å². The summed E-state index contributed by atoms with van der Waals surface area (Å²) in [4.78, 5) is 14.3. The fourth-order valence-electron chi connectivity index (χ4n) is 2.89. The van der Waals surface area contributed by atoms with Gasteiger partial charge in [0, 0.05) is 19.5 Å². The molecule has 5 nitrogen and oxygen atoms in total. The molecule has 1 fully saturated rings. The molecule has 1 aliphatic heterocycles. The predicted molar refractivity (Wildman–Crippen MR) is 93.8 cm³/mol. The van der Waals surface area contributed by atoms with E-state index in [-0.39, 0.29) is 18.3 Å². The molecule has 0 saturated carbocycles. The lowest BCUT2D eigenvalue weighted by Gasteiger charge is -2.31. The lowest BCUT2D eigenvalue weighted by atomic mass is 10.0. The summed E-state index contributed by atoms with van der Waals surface area (Å²) in [7, 11) is 5.21. The maximum atomic E-state index is 12.4. The van der Waals surface area contributed by atoms with Gasteiger partial charge in [0.1, 0.15) is 11.5 Å². The predicted octanol–water partition coefficient (Wildman–Crippen LogP) is 2.27. The maximum Gasteiger partial charge on any atom is 0.222 e. The van der Waals surface area contributed by atoms with Crippen LogP contribution in [0.1, 0.15) is 24.8 Å². The molecule has 1 saturated heterocycles. The second-order valence-corrected chi connectivity index (χ2v) is 5.66. The Bertz CT molecular complexity index is 505. The number of carbonyl (C=O) groups is 1. The number of hydrogen-bond donors (Lipinski definition) is 1. The monoisotopic (exact) mass is 342 g/mol. The van der Waals surface area contributed by atoms with E-state index in [1.807, 2.05) is 30.1 Å². The Morgan fingerprint density at radius 2 is 1.96 bits per heavy atom. The zero-order valence-electron chi connectivity index (χ0n) is 14.1. The third kappa shape index (κ3) is 5.29. The second-order valence-electron chi connectivity index (χ2n) is 5.66. The van der Waals surface area contributed by atoms with Crippen LogP contribution >= 0.6 is 12.4 Å². The van der Waals surface area contributed by atoms with Crippen LogP contribution in [0.4, 0.5) is 0 Å². The molecule has 0 aromatic heterocycles. The molecule has 1 aromatic rings. The molecular weight excluding hydrogens is 316 g/mol. The van der Waals surface area contributed by atoms with Gasteiger partial charge < -0.3 is 19.7 Å². The Morgan fingerprint density at radius 3 is 2.57 bits per heavy atom. The molecule has 1 N–H and O–H groups in total. The van der Waals surface area contributed by atoms with Crippen molar-refractivity contribution in [3.63, 3.8) is 0 Å². The minimum Gasteiger partial charge on any atom is -0.497 e. The van der Waals surface area contributed by atoms with E-state index >= 15 is 0 Å². The van der Waals surface area contributed by atoms with Gasteiger partial charge in [0.05, 0.1) is 14.2 Å². The third-order valence-electron chi connectivity index (χ3n) is 4.35. The summed E-state index contributed by atoms with van der Waals surface area (Å²) in [6, 6.07) is 6.05. The van der Waals surface area contributed by atoms with E-state index in [0.29, 0.717) is 18.9 Å². The first-order valence-corrected chi connectivity index (χ1v) is 7.83. The van der Waals surface area contributed by atoms with E-state index in [2.05, 4.69) is 5.32 Å². The van der Waals surface area contributed by atoms with Crippen LogP contribution in [0.25, 0.3) is 0 Å². The molecule has 6 heteroatoms. The van der Waals surface area contributed by atoms with Gasteiger partial charge in [-0.2, -0.15) is 0 Å². The van der Waals surface area contributed by atoms with Crippen LogP contribution in [-0.4, -0.2) is 51.2 Å². The standard InChI is InChI=1S/C17H26N2O3.ClH/c1-19(14-8-10-18-11-9-14)17(20)7-4-13-12-15(21-2)5-6-16(13)22-3;/h5-6,12,14,18H,4,7-11H2,1-3H3;1H. The lowest BCUT2D eigenvalue weighted by Crippen LogP contribution is -2.44. The van der Waals surface area contributed by atoms with Crippen LogP contribution in [0.5, 0.6) is 11.5 Å². The first-order valence-electron chi connectivity index (χ1n) is 7.83. The number of ether oxygens (including phenoxy) is 2. The van der Waals surface area contributed by atoms with Gasteiger partial charge in [0.25, 0.3) is 0 Å². The molecule has 130 valence electrons. The van der Waals surface area contributed by atoms with Crippen molar-refractivity contribution < 1.29 is 14.3 Å². The van der Waals surface area contributed by atoms with Gasteiger partial charge in [-0.15, -0.1) is 12.4 Å². The van der Waals surface area contributed by atoms with Crippen molar-refractivity contribution in [3.05, 3.63) is 23.8 Å². The summed E-state index contributed by atoms with van der Waals surface area (Å²) < 4.78 is 10.6. The van der Waals surface area contributed by atoms with Crippen molar-refractivity contribution in [3.8, 4) is 11.5 Å². The smallest absolute Gasteiger partial charge is 0.222 e. The first kappa shape index (κ1) is 19.6. The molecule has 0 bridgehead atoms. The SMILES string of the molecule is COc1ccc(OC)c(CCC(=O)N(C)C2CCNCC2)c1.Cl. The lowest BCUT2D eigenvalue weighted by molar-refractivity contribution is -0.132. The van der Waals surface area contributed by atoms with Crippen LogP contribution in [-0.2, 0) is 11.2 Å². The van der Waals surface area contributed by atoms with Crippen molar-refractivity contribution in [2.75, 3.05) is 34.4 Å². The number of rotatable bonds is 6. The van der Waals surface area contributed by atoms with Crippen molar-refractivity contribution in [1.29, 1.82) is 0 Å². The van der Waals surface area contributed by atoms with E-state index < -0.39 is 0 Å². The number of nitrogens with zero attached hydrogens (tertiary/aromatic N) is 1. The van der Waals surface area contributed by atoms with Crippen LogP contribution in [0.15, 0.2) is 18.2 Å². The number of halogens is 1. The maximum absolute atomic E-state index is 12.4. The Balaban J connectivity index is 0.00000264. The van der Waals surface area contributed by atoms with Gasteiger partial charge in [-0.25, -0.2) is 0 Å². The van der Waals surface area contributed by atoms with Crippen molar-refractivity contribution in [1.82, 2.24) is 10.2 Å².